The highest BCUT2D eigenvalue weighted by Crippen LogP contribution is 2.33. The number of aromatic nitrogens is 2. The lowest BCUT2D eigenvalue weighted by molar-refractivity contribution is -0.0447. The SMILES string of the molecule is Nc1ccn([C@H]2O[C@H](CO)[C@@H](O)/C2=C\F)c(=O)n1. The van der Waals surface area contributed by atoms with Crippen molar-refractivity contribution in [1.29, 1.82) is 0 Å². The third kappa shape index (κ3) is 2.01. The standard InChI is InChI=1S/C10H12FN3O4/c11-3-5-8(16)6(4-15)18-9(5)14-2-1-7(12)13-10(14)17/h1-3,6,8-9,15-16H,4H2,(H2,12,13,17)/b5-3+/t6-,8+,9+/m1/s1. The van der Waals surface area contributed by atoms with Crippen LogP contribution in [0.4, 0.5) is 10.2 Å². The Balaban J connectivity index is 2.41. The van der Waals surface area contributed by atoms with Crippen LogP contribution in [0.2, 0.25) is 0 Å². The summed E-state index contributed by atoms with van der Waals surface area (Å²) < 4.78 is 19.0. The number of rotatable bonds is 2. The van der Waals surface area contributed by atoms with Crippen molar-refractivity contribution in [3.8, 4) is 0 Å². The number of anilines is 1. The van der Waals surface area contributed by atoms with E-state index in [0.717, 1.165) is 4.57 Å². The lowest BCUT2D eigenvalue weighted by Gasteiger charge is -2.14. The van der Waals surface area contributed by atoms with Crippen LogP contribution in [0.3, 0.4) is 0 Å². The molecular weight excluding hydrogens is 245 g/mol. The Morgan fingerprint density at radius 2 is 2.39 bits per heavy atom. The molecule has 1 fully saturated rings. The summed E-state index contributed by atoms with van der Waals surface area (Å²) in [5.41, 5.74) is 4.45. The predicted molar refractivity (Wildman–Crippen MR) is 59.1 cm³/mol. The van der Waals surface area contributed by atoms with Gasteiger partial charge in [-0.25, -0.2) is 9.18 Å². The quantitative estimate of drug-likeness (QED) is 0.622. The lowest BCUT2D eigenvalue weighted by atomic mass is 10.1. The average Bonchev–Trinajstić information content (AvgIpc) is 2.65. The minimum atomic E-state index is -1.31. The summed E-state index contributed by atoms with van der Waals surface area (Å²) in [4.78, 5) is 15.1. The Morgan fingerprint density at radius 3 is 2.94 bits per heavy atom. The first kappa shape index (κ1) is 12.7. The molecule has 3 atom stereocenters. The number of aliphatic hydroxyl groups excluding tert-OH is 2. The number of ether oxygens (including phenoxy) is 1. The van der Waals surface area contributed by atoms with Gasteiger partial charge < -0.3 is 20.7 Å². The highest BCUT2D eigenvalue weighted by atomic mass is 19.1. The van der Waals surface area contributed by atoms with Gasteiger partial charge in [-0.2, -0.15) is 4.98 Å². The molecule has 0 amide bonds. The van der Waals surface area contributed by atoms with Gasteiger partial charge >= 0.3 is 5.69 Å². The Hall–Kier alpha value is -1.77. The van der Waals surface area contributed by atoms with Crippen LogP contribution in [-0.2, 0) is 4.74 Å². The first-order chi connectivity index (χ1) is 8.58. The largest absolute Gasteiger partial charge is 0.394 e. The van der Waals surface area contributed by atoms with Crippen LogP contribution in [0, 0.1) is 0 Å². The van der Waals surface area contributed by atoms with Crippen LogP contribution >= 0.6 is 0 Å². The maximum atomic E-state index is 12.8. The zero-order chi connectivity index (χ0) is 13.3. The van der Waals surface area contributed by atoms with Crippen molar-refractivity contribution >= 4 is 5.82 Å². The van der Waals surface area contributed by atoms with Crippen LogP contribution in [0.25, 0.3) is 0 Å². The van der Waals surface area contributed by atoms with Crippen molar-refractivity contribution < 1.29 is 19.3 Å². The number of aliphatic hydroxyl groups is 2. The van der Waals surface area contributed by atoms with Crippen LogP contribution < -0.4 is 11.4 Å². The van der Waals surface area contributed by atoms with E-state index in [-0.39, 0.29) is 17.7 Å². The maximum absolute atomic E-state index is 12.8. The molecule has 7 nitrogen and oxygen atoms in total. The van der Waals surface area contributed by atoms with Crippen LogP contribution in [0.15, 0.2) is 29.0 Å². The van der Waals surface area contributed by atoms with E-state index in [0.29, 0.717) is 0 Å². The molecule has 1 aromatic rings. The highest BCUT2D eigenvalue weighted by molar-refractivity contribution is 5.25. The van der Waals surface area contributed by atoms with Gasteiger partial charge in [-0.1, -0.05) is 0 Å². The van der Waals surface area contributed by atoms with E-state index in [1.165, 1.54) is 12.3 Å². The zero-order valence-corrected chi connectivity index (χ0v) is 9.23. The van der Waals surface area contributed by atoms with Crippen molar-refractivity contribution in [1.82, 2.24) is 9.55 Å². The minimum absolute atomic E-state index is 0.0271. The molecule has 0 aliphatic carbocycles. The zero-order valence-electron chi connectivity index (χ0n) is 9.23. The number of halogens is 1. The smallest absolute Gasteiger partial charge is 0.351 e. The van der Waals surface area contributed by atoms with Gasteiger partial charge in [-0.3, -0.25) is 4.57 Å². The molecule has 1 aromatic heterocycles. The van der Waals surface area contributed by atoms with Crippen molar-refractivity contribution in [2.45, 2.75) is 18.4 Å². The van der Waals surface area contributed by atoms with E-state index < -0.39 is 30.7 Å². The van der Waals surface area contributed by atoms with Crippen LogP contribution in [0.1, 0.15) is 6.23 Å². The fraction of sp³-hybridized carbons (Fsp3) is 0.400. The molecule has 1 aliphatic rings. The summed E-state index contributed by atoms with van der Waals surface area (Å²) >= 11 is 0. The molecule has 1 saturated heterocycles. The summed E-state index contributed by atoms with van der Waals surface area (Å²) in [6.45, 7) is -0.494. The molecule has 2 rings (SSSR count). The van der Waals surface area contributed by atoms with E-state index in [4.69, 9.17) is 15.6 Å². The molecule has 4 N–H and O–H groups in total. The lowest BCUT2D eigenvalue weighted by Crippen LogP contribution is -2.28. The van der Waals surface area contributed by atoms with E-state index in [1.54, 1.807) is 0 Å². The van der Waals surface area contributed by atoms with Crippen LogP contribution in [0.5, 0.6) is 0 Å². The van der Waals surface area contributed by atoms with Gasteiger partial charge in [0.25, 0.3) is 0 Å². The number of nitrogen functional groups attached to an aromatic ring is 1. The third-order valence-electron chi connectivity index (χ3n) is 2.69. The van der Waals surface area contributed by atoms with E-state index in [2.05, 4.69) is 4.98 Å². The second-order valence-corrected chi connectivity index (χ2v) is 3.81. The van der Waals surface area contributed by atoms with E-state index in [9.17, 15) is 14.3 Å². The van der Waals surface area contributed by atoms with Crippen molar-refractivity contribution in [2.24, 2.45) is 0 Å². The molecule has 98 valence electrons. The summed E-state index contributed by atoms with van der Waals surface area (Å²) in [5.74, 6) is 0.0271. The Bertz CT molecular complexity index is 530. The number of nitrogens with two attached hydrogens (primary N) is 1. The molecule has 0 unspecified atom stereocenters. The molecular formula is C10H12FN3O4. The maximum Gasteiger partial charge on any atom is 0.351 e. The van der Waals surface area contributed by atoms with Gasteiger partial charge in [-0.15, -0.1) is 0 Å². The fourth-order valence-electron chi connectivity index (χ4n) is 1.77. The van der Waals surface area contributed by atoms with Gasteiger partial charge in [0.2, 0.25) is 0 Å². The Kier molecular flexibility index (Phi) is 3.41. The Labute approximate surface area is 101 Å². The summed E-state index contributed by atoms with van der Waals surface area (Å²) in [6.07, 6.45) is -1.99. The van der Waals surface area contributed by atoms with Crippen molar-refractivity contribution in [3.63, 3.8) is 0 Å². The molecule has 0 spiro atoms. The molecule has 2 heterocycles. The van der Waals surface area contributed by atoms with E-state index in [1.807, 2.05) is 0 Å². The van der Waals surface area contributed by atoms with Gasteiger partial charge in [0.1, 0.15) is 18.0 Å². The second kappa shape index (κ2) is 4.84. The highest BCUT2D eigenvalue weighted by Gasteiger charge is 2.40. The fourth-order valence-corrected chi connectivity index (χ4v) is 1.77. The first-order valence-corrected chi connectivity index (χ1v) is 5.17. The van der Waals surface area contributed by atoms with Gasteiger partial charge in [0.05, 0.1) is 12.9 Å². The average molecular weight is 257 g/mol. The van der Waals surface area contributed by atoms with Crippen LogP contribution in [-0.4, -0.2) is 38.6 Å². The molecule has 0 radical (unpaired) electrons. The molecule has 18 heavy (non-hydrogen) atoms. The Morgan fingerprint density at radius 1 is 1.67 bits per heavy atom. The molecule has 8 heteroatoms. The van der Waals surface area contributed by atoms with Crippen molar-refractivity contribution in [3.05, 3.63) is 34.7 Å². The second-order valence-electron chi connectivity index (χ2n) is 3.81. The van der Waals surface area contributed by atoms with E-state index >= 15 is 0 Å². The molecule has 1 aliphatic heterocycles. The first-order valence-electron chi connectivity index (χ1n) is 5.17. The van der Waals surface area contributed by atoms with Gasteiger partial charge in [-0.05, 0) is 6.07 Å². The monoisotopic (exact) mass is 257 g/mol. The summed E-state index contributed by atoms with van der Waals surface area (Å²) in [6, 6.07) is 1.35. The topological polar surface area (TPSA) is 111 Å². The molecule has 0 saturated carbocycles. The molecule has 0 bridgehead atoms. The predicted octanol–water partition coefficient (Wildman–Crippen LogP) is -1.07. The van der Waals surface area contributed by atoms with Gasteiger partial charge in [0.15, 0.2) is 6.23 Å². The number of hydrogen-bond acceptors (Lipinski definition) is 6. The summed E-state index contributed by atoms with van der Waals surface area (Å²) in [7, 11) is 0. The normalized spacial score (nSPS) is 29.9. The molecule has 0 aromatic carbocycles. The van der Waals surface area contributed by atoms with Gasteiger partial charge in [0, 0.05) is 11.8 Å². The summed E-state index contributed by atoms with van der Waals surface area (Å²) in [5, 5.41) is 18.6. The minimum Gasteiger partial charge on any atom is -0.394 e. The number of hydrogen-bond donors (Lipinski definition) is 3. The van der Waals surface area contributed by atoms with Crippen molar-refractivity contribution in [2.75, 3.05) is 12.3 Å². The number of nitrogens with zero attached hydrogens (tertiary/aromatic N) is 2. The third-order valence-corrected chi connectivity index (χ3v) is 2.69.